The molecule has 3 rings (SSSR count). The number of benzene rings is 1. The molecule has 0 aliphatic heterocycles. The average Bonchev–Trinajstić information content (AvgIpc) is 3.18. The van der Waals surface area contributed by atoms with E-state index >= 15 is 0 Å². The molecule has 1 aromatic heterocycles. The molecule has 1 aromatic carbocycles. The summed E-state index contributed by atoms with van der Waals surface area (Å²) in [6.07, 6.45) is 2.38. The molecule has 2 aromatic rings. The van der Waals surface area contributed by atoms with Gasteiger partial charge in [-0.2, -0.15) is 5.10 Å². The first-order valence-corrected chi connectivity index (χ1v) is 7.06. The third kappa shape index (κ3) is 2.85. The highest BCUT2D eigenvalue weighted by atomic mass is 35.5. The summed E-state index contributed by atoms with van der Waals surface area (Å²) in [6.45, 7) is 0.543. The molecule has 1 fully saturated rings. The van der Waals surface area contributed by atoms with Gasteiger partial charge in [-0.3, -0.25) is 9.89 Å². The summed E-state index contributed by atoms with van der Waals surface area (Å²) in [5.41, 5.74) is 2.61. The lowest BCUT2D eigenvalue weighted by atomic mass is 10.2. The van der Waals surface area contributed by atoms with Crippen molar-refractivity contribution in [2.75, 3.05) is 7.05 Å². The van der Waals surface area contributed by atoms with Crippen LogP contribution in [0.4, 0.5) is 0 Å². The van der Waals surface area contributed by atoms with Crippen LogP contribution in [0.2, 0.25) is 5.02 Å². The molecule has 104 valence electrons. The Balaban J connectivity index is 1.67. The van der Waals surface area contributed by atoms with E-state index in [9.17, 15) is 4.79 Å². The van der Waals surface area contributed by atoms with Crippen LogP contribution in [0.3, 0.4) is 0 Å². The maximum absolute atomic E-state index is 12.3. The Hall–Kier alpha value is -1.81. The summed E-state index contributed by atoms with van der Waals surface area (Å²) in [4.78, 5) is 14.0. The second kappa shape index (κ2) is 5.29. The Morgan fingerprint density at radius 1 is 1.40 bits per heavy atom. The first-order valence-electron chi connectivity index (χ1n) is 6.68. The van der Waals surface area contributed by atoms with E-state index in [-0.39, 0.29) is 5.91 Å². The van der Waals surface area contributed by atoms with Gasteiger partial charge in [-0.1, -0.05) is 23.7 Å². The van der Waals surface area contributed by atoms with E-state index in [1.807, 2.05) is 30.3 Å². The van der Waals surface area contributed by atoms with Crippen molar-refractivity contribution in [1.29, 1.82) is 0 Å². The second-order valence-corrected chi connectivity index (χ2v) is 5.71. The van der Waals surface area contributed by atoms with Crippen LogP contribution in [0.15, 0.2) is 30.3 Å². The van der Waals surface area contributed by atoms with E-state index in [0.717, 1.165) is 11.3 Å². The molecule has 1 N–H and O–H groups in total. The Morgan fingerprint density at radius 3 is 2.75 bits per heavy atom. The lowest BCUT2D eigenvalue weighted by Crippen LogP contribution is -2.26. The summed E-state index contributed by atoms with van der Waals surface area (Å²) in [5, 5.41) is 7.77. The molecule has 0 saturated heterocycles. The van der Waals surface area contributed by atoms with Gasteiger partial charge in [0.25, 0.3) is 5.91 Å². The Bertz CT molecular complexity index is 616. The number of nitrogens with zero attached hydrogens (tertiary/aromatic N) is 2. The lowest BCUT2D eigenvalue weighted by molar-refractivity contribution is 0.0779. The van der Waals surface area contributed by atoms with Crippen molar-refractivity contribution < 1.29 is 4.79 Å². The molecule has 1 saturated carbocycles. The zero-order chi connectivity index (χ0) is 14.1. The summed E-state index contributed by atoms with van der Waals surface area (Å²) >= 11 is 5.85. The third-order valence-electron chi connectivity index (χ3n) is 3.51. The predicted molar refractivity (Wildman–Crippen MR) is 77.8 cm³/mol. The molecule has 1 amide bonds. The van der Waals surface area contributed by atoms with Gasteiger partial charge in [0.05, 0.1) is 0 Å². The van der Waals surface area contributed by atoms with Crippen LogP contribution >= 0.6 is 11.6 Å². The van der Waals surface area contributed by atoms with Crippen molar-refractivity contribution >= 4 is 17.5 Å². The predicted octanol–water partition coefficient (Wildman–Crippen LogP) is 3.21. The molecule has 1 aliphatic carbocycles. The minimum absolute atomic E-state index is 0.0666. The summed E-state index contributed by atoms with van der Waals surface area (Å²) in [5.74, 6) is 0.508. The summed E-state index contributed by atoms with van der Waals surface area (Å²) < 4.78 is 0. The summed E-state index contributed by atoms with van der Waals surface area (Å²) in [6, 6.07) is 9.38. The van der Waals surface area contributed by atoms with E-state index in [0.29, 0.717) is 23.2 Å². The second-order valence-electron chi connectivity index (χ2n) is 5.27. The molecule has 4 nitrogen and oxygen atoms in total. The van der Waals surface area contributed by atoms with Gasteiger partial charge >= 0.3 is 0 Å². The van der Waals surface area contributed by atoms with E-state index in [4.69, 9.17) is 11.6 Å². The van der Waals surface area contributed by atoms with Crippen LogP contribution in [0.1, 0.15) is 40.5 Å². The van der Waals surface area contributed by atoms with Gasteiger partial charge in [0.1, 0.15) is 5.69 Å². The molecule has 1 aliphatic rings. The number of carbonyl (C=O) groups excluding carboxylic acids is 1. The number of hydrogen-bond donors (Lipinski definition) is 1. The van der Waals surface area contributed by atoms with Crippen molar-refractivity contribution in [1.82, 2.24) is 15.1 Å². The van der Waals surface area contributed by atoms with Gasteiger partial charge in [0, 0.05) is 30.2 Å². The highest BCUT2D eigenvalue weighted by Gasteiger charge is 2.27. The number of halogens is 1. The molecule has 0 bridgehead atoms. The topological polar surface area (TPSA) is 49.0 Å². The Labute approximate surface area is 122 Å². The van der Waals surface area contributed by atoms with Crippen LogP contribution in [0.5, 0.6) is 0 Å². The molecule has 5 heteroatoms. The van der Waals surface area contributed by atoms with E-state index in [2.05, 4.69) is 10.2 Å². The van der Waals surface area contributed by atoms with Crippen molar-refractivity contribution in [3.63, 3.8) is 0 Å². The van der Waals surface area contributed by atoms with E-state index < -0.39 is 0 Å². The standard InChI is InChI=1S/C15H16ClN3O/c1-19(9-10-2-6-12(16)7-3-10)15(20)14-8-13(17-18-14)11-4-5-11/h2-3,6-8,11H,4-5,9H2,1H3,(H,17,18). The van der Waals surface area contributed by atoms with Crippen LogP contribution < -0.4 is 0 Å². The molecule has 0 spiro atoms. The number of hydrogen-bond acceptors (Lipinski definition) is 2. The maximum Gasteiger partial charge on any atom is 0.274 e. The fraction of sp³-hybridized carbons (Fsp3) is 0.333. The number of aromatic nitrogens is 2. The van der Waals surface area contributed by atoms with Crippen molar-refractivity contribution in [2.24, 2.45) is 0 Å². The van der Waals surface area contributed by atoms with E-state index in [1.165, 1.54) is 12.8 Å². The number of nitrogens with one attached hydrogen (secondary N) is 1. The molecular formula is C15H16ClN3O. The molecule has 1 heterocycles. The van der Waals surface area contributed by atoms with Gasteiger partial charge < -0.3 is 4.90 Å². The summed E-state index contributed by atoms with van der Waals surface area (Å²) in [7, 11) is 1.78. The number of rotatable bonds is 4. The van der Waals surface area contributed by atoms with Crippen LogP contribution in [0.25, 0.3) is 0 Å². The van der Waals surface area contributed by atoms with Crippen molar-refractivity contribution in [3.05, 3.63) is 52.3 Å². The first-order chi connectivity index (χ1) is 9.63. The number of amides is 1. The van der Waals surface area contributed by atoms with Gasteiger partial charge in [-0.25, -0.2) is 0 Å². The fourth-order valence-electron chi connectivity index (χ4n) is 2.18. The quantitative estimate of drug-likeness (QED) is 0.939. The monoisotopic (exact) mass is 289 g/mol. The Kier molecular flexibility index (Phi) is 3.49. The molecular weight excluding hydrogens is 274 g/mol. The van der Waals surface area contributed by atoms with E-state index in [1.54, 1.807) is 11.9 Å². The number of carbonyl (C=O) groups is 1. The lowest BCUT2D eigenvalue weighted by Gasteiger charge is -2.15. The minimum atomic E-state index is -0.0666. The minimum Gasteiger partial charge on any atom is -0.336 e. The van der Waals surface area contributed by atoms with Gasteiger partial charge in [0.2, 0.25) is 0 Å². The van der Waals surface area contributed by atoms with Gasteiger partial charge in [-0.15, -0.1) is 0 Å². The molecule has 0 unspecified atom stereocenters. The highest BCUT2D eigenvalue weighted by Crippen LogP contribution is 2.39. The molecule has 0 atom stereocenters. The van der Waals surface area contributed by atoms with Crippen molar-refractivity contribution in [2.45, 2.75) is 25.3 Å². The number of aromatic amines is 1. The number of H-pyrrole nitrogens is 1. The van der Waals surface area contributed by atoms with Gasteiger partial charge in [0.15, 0.2) is 0 Å². The normalized spacial score (nSPS) is 14.3. The Morgan fingerprint density at radius 2 is 2.10 bits per heavy atom. The SMILES string of the molecule is CN(Cc1ccc(Cl)cc1)C(=O)c1cc(C2CC2)[nH]n1. The largest absolute Gasteiger partial charge is 0.336 e. The van der Waals surface area contributed by atoms with Crippen molar-refractivity contribution in [3.8, 4) is 0 Å². The third-order valence-corrected chi connectivity index (χ3v) is 3.77. The van der Waals surface area contributed by atoms with Crippen LogP contribution in [0, 0.1) is 0 Å². The smallest absolute Gasteiger partial charge is 0.274 e. The fourth-order valence-corrected chi connectivity index (χ4v) is 2.31. The van der Waals surface area contributed by atoms with Crippen LogP contribution in [-0.2, 0) is 6.54 Å². The first kappa shape index (κ1) is 13.2. The van der Waals surface area contributed by atoms with Crippen LogP contribution in [-0.4, -0.2) is 28.1 Å². The molecule has 0 radical (unpaired) electrons. The highest BCUT2D eigenvalue weighted by molar-refractivity contribution is 6.30. The average molecular weight is 290 g/mol. The zero-order valence-electron chi connectivity index (χ0n) is 11.3. The zero-order valence-corrected chi connectivity index (χ0v) is 12.0. The maximum atomic E-state index is 12.3. The molecule has 20 heavy (non-hydrogen) atoms. The van der Waals surface area contributed by atoms with Gasteiger partial charge in [-0.05, 0) is 36.6 Å².